The molecule has 0 spiro atoms. The predicted molar refractivity (Wildman–Crippen MR) is 81.0 cm³/mol. The fourth-order valence-corrected chi connectivity index (χ4v) is 2.10. The number of aromatic nitrogens is 1. The molecule has 1 amide bonds. The van der Waals surface area contributed by atoms with Gasteiger partial charge < -0.3 is 15.4 Å². The van der Waals surface area contributed by atoms with Crippen molar-refractivity contribution in [3.8, 4) is 5.88 Å². The fourth-order valence-electron chi connectivity index (χ4n) is 2.10. The topological polar surface area (TPSA) is 68.5 Å². The highest BCUT2D eigenvalue weighted by molar-refractivity contribution is 5.96. The molecule has 0 bridgehead atoms. The quantitative estimate of drug-likeness (QED) is 0.877. The van der Waals surface area contributed by atoms with E-state index in [9.17, 15) is 4.79 Å². The van der Waals surface area contributed by atoms with E-state index >= 15 is 0 Å². The van der Waals surface area contributed by atoms with Crippen LogP contribution in [-0.4, -0.2) is 36.0 Å². The molecule has 5 nitrogen and oxygen atoms in total. The van der Waals surface area contributed by atoms with E-state index in [0.717, 1.165) is 5.56 Å². The molecule has 0 aliphatic carbocycles. The van der Waals surface area contributed by atoms with Crippen LogP contribution in [0.1, 0.15) is 15.9 Å². The number of nitrogens with zero attached hydrogens (tertiary/aromatic N) is 2. The third kappa shape index (κ3) is 3.79. The molecule has 110 valence electrons. The normalized spacial score (nSPS) is 10.2. The second kappa shape index (κ2) is 7.40. The number of pyridine rings is 1. The van der Waals surface area contributed by atoms with Gasteiger partial charge in [0.1, 0.15) is 5.56 Å². The van der Waals surface area contributed by atoms with Gasteiger partial charge in [-0.05, 0) is 17.7 Å². The molecule has 0 saturated carbocycles. The fraction of sp³-hybridized carbons (Fsp3) is 0.250. The number of methoxy groups -OCH3 is 1. The van der Waals surface area contributed by atoms with Crippen LogP contribution in [0.5, 0.6) is 5.88 Å². The SMILES string of the molecule is COc1ncccc1C(=O)N(CCN)Cc1ccccc1. The van der Waals surface area contributed by atoms with Crippen LogP contribution >= 0.6 is 0 Å². The summed E-state index contributed by atoms with van der Waals surface area (Å²) in [7, 11) is 1.50. The van der Waals surface area contributed by atoms with Gasteiger partial charge in [-0.1, -0.05) is 30.3 Å². The number of carbonyl (C=O) groups is 1. The van der Waals surface area contributed by atoms with Gasteiger partial charge in [0, 0.05) is 25.8 Å². The lowest BCUT2D eigenvalue weighted by Crippen LogP contribution is -2.35. The monoisotopic (exact) mass is 285 g/mol. The summed E-state index contributed by atoms with van der Waals surface area (Å²) < 4.78 is 5.16. The van der Waals surface area contributed by atoms with Gasteiger partial charge in [-0.3, -0.25) is 4.79 Å². The van der Waals surface area contributed by atoms with Crippen LogP contribution in [0.4, 0.5) is 0 Å². The van der Waals surface area contributed by atoms with Gasteiger partial charge in [0.25, 0.3) is 5.91 Å². The molecule has 0 aliphatic rings. The van der Waals surface area contributed by atoms with Crippen molar-refractivity contribution >= 4 is 5.91 Å². The Kier molecular flexibility index (Phi) is 5.29. The first-order valence-corrected chi connectivity index (χ1v) is 6.78. The van der Waals surface area contributed by atoms with E-state index in [1.807, 2.05) is 30.3 Å². The predicted octanol–water partition coefficient (Wildman–Crippen LogP) is 1.69. The van der Waals surface area contributed by atoms with Crippen LogP contribution in [0.25, 0.3) is 0 Å². The van der Waals surface area contributed by atoms with Gasteiger partial charge in [-0.15, -0.1) is 0 Å². The molecule has 0 atom stereocenters. The van der Waals surface area contributed by atoms with E-state index in [0.29, 0.717) is 31.1 Å². The Hall–Kier alpha value is -2.40. The lowest BCUT2D eigenvalue weighted by atomic mass is 10.2. The summed E-state index contributed by atoms with van der Waals surface area (Å²) in [5.41, 5.74) is 7.13. The number of rotatable bonds is 6. The van der Waals surface area contributed by atoms with E-state index in [2.05, 4.69) is 4.98 Å². The lowest BCUT2D eigenvalue weighted by molar-refractivity contribution is 0.0744. The molecule has 0 aliphatic heterocycles. The summed E-state index contributed by atoms with van der Waals surface area (Å²) in [6.45, 7) is 1.39. The Morgan fingerprint density at radius 2 is 2.00 bits per heavy atom. The first-order chi connectivity index (χ1) is 10.3. The van der Waals surface area contributed by atoms with Crippen LogP contribution in [0.15, 0.2) is 48.7 Å². The zero-order valence-corrected chi connectivity index (χ0v) is 12.0. The second-order valence-electron chi connectivity index (χ2n) is 4.56. The molecule has 0 radical (unpaired) electrons. The average molecular weight is 285 g/mol. The highest BCUT2D eigenvalue weighted by Gasteiger charge is 2.19. The van der Waals surface area contributed by atoms with E-state index in [4.69, 9.17) is 10.5 Å². The maximum atomic E-state index is 12.7. The van der Waals surface area contributed by atoms with Crippen molar-refractivity contribution in [2.24, 2.45) is 5.73 Å². The van der Waals surface area contributed by atoms with E-state index in [1.165, 1.54) is 7.11 Å². The van der Waals surface area contributed by atoms with Crippen molar-refractivity contribution in [1.29, 1.82) is 0 Å². The van der Waals surface area contributed by atoms with Crippen molar-refractivity contribution in [2.75, 3.05) is 20.2 Å². The Balaban J connectivity index is 2.23. The summed E-state index contributed by atoms with van der Waals surface area (Å²) in [5.74, 6) is 0.201. The highest BCUT2D eigenvalue weighted by atomic mass is 16.5. The number of nitrogens with two attached hydrogens (primary N) is 1. The Morgan fingerprint density at radius 3 is 2.67 bits per heavy atom. The van der Waals surface area contributed by atoms with Gasteiger partial charge in [0.2, 0.25) is 5.88 Å². The minimum Gasteiger partial charge on any atom is -0.480 e. The largest absolute Gasteiger partial charge is 0.480 e. The van der Waals surface area contributed by atoms with Gasteiger partial charge in [0.05, 0.1) is 7.11 Å². The molecular formula is C16H19N3O2. The molecule has 2 N–H and O–H groups in total. The maximum absolute atomic E-state index is 12.7. The van der Waals surface area contributed by atoms with Gasteiger partial charge in [0.15, 0.2) is 0 Å². The molecule has 5 heteroatoms. The van der Waals surface area contributed by atoms with Crippen LogP contribution in [0.3, 0.4) is 0 Å². The first-order valence-electron chi connectivity index (χ1n) is 6.78. The van der Waals surface area contributed by atoms with Gasteiger partial charge >= 0.3 is 0 Å². The smallest absolute Gasteiger partial charge is 0.259 e. The third-order valence-electron chi connectivity index (χ3n) is 3.10. The Labute approximate surface area is 124 Å². The zero-order valence-electron chi connectivity index (χ0n) is 12.0. The molecule has 1 aromatic heterocycles. The summed E-state index contributed by atoms with van der Waals surface area (Å²) in [4.78, 5) is 18.4. The number of hydrogen-bond donors (Lipinski definition) is 1. The third-order valence-corrected chi connectivity index (χ3v) is 3.10. The summed E-state index contributed by atoms with van der Waals surface area (Å²) in [6, 6.07) is 13.2. The Morgan fingerprint density at radius 1 is 1.24 bits per heavy atom. The minimum absolute atomic E-state index is 0.130. The van der Waals surface area contributed by atoms with Crippen molar-refractivity contribution in [2.45, 2.75) is 6.54 Å². The number of benzene rings is 1. The van der Waals surface area contributed by atoms with Crippen molar-refractivity contribution < 1.29 is 9.53 Å². The minimum atomic E-state index is -0.130. The molecule has 0 saturated heterocycles. The van der Waals surface area contributed by atoms with Crippen LogP contribution in [0.2, 0.25) is 0 Å². The van der Waals surface area contributed by atoms with Crippen molar-refractivity contribution in [3.05, 3.63) is 59.8 Å². The van der Waals surface area contributed by atoms with Crippen LogP contribution < -0.4 is 10.5 Å². The van der Waals surface area contributed by atoms with Crippen molar-refractivity contribution in [1.82, 2.24) is 9.88 Å². The maximum Gasteiger partial charge on any atom is 0.259 e. The number of hydrogen-bond acceptors (Lipinski definition) is 4. The summed E-state index contributed by atoms with van der Waals surface area (Å²) in [5, 5.41) is 0. The Bertz CT molecular complexity index is 587. The van der Waals surface area contributed by atoms with Crippen molar-refractivity contribution in [3.63, 3.8) is 0 Å². The van der Waals surface area contributed by atoms with E-state index in [1.54, 1.807) is 23.2 Å². The highest BCUT2D eigenvalue weighted by Crippen LogP contribution is 2.17. The van der Waals surface area contributed by atoms with Gasteiger partial charge in [-0.2, -0.15) is 0 Å². The zero-order chi connectivity index (χ0) is 15.1. The number of ether oxygens (including phenoxy) is 1. The molecule has 1 aromatic carbocycles. The number of amides is 1. The molecule has 0 unspecified atom stereocenters. The van der Waals surface area contributed by atoms with Gasteiger partial charge in [-0.25, -0.2) is 4.98 Å². The molecule has 0 fully saturated rings. The van der Waals surface area contributed by atoms with E-state index < -0.39 is 0 Å². The molecular weight excluding hydrogens is 266 g/mol. The lowest BCUT2D eigenvalue weighted by Gasteiger charge is -2.22. The summed E-state index contributed by atoms with van der Waals surface area (Å²) >= 11 is 0. The first kappa shape index (κ1) is 15.0. The molecule has 21 heavy (non-hydrogen) atoms. The standard InChI is InChI=1S/C16H19N3O2/c1-21-15-14(8-5-10-18-15)16(20)19(11-9-17)12-13-6-3-2-4-7-13/h2-8,10H,9,11-12,17H2,1H3. The summed E-state index contributed by atoms with van der Waals surface area (Å²) in [6.07, 6.45) is 1.60. The molecule has 2 rings (SSSR count). The molecule has 1 heterocycles. The molecule has 2 aromatic rings. The number of carbonyl (C=O) groups excluding carboxylic acids is 1. The average Bonchev–Trinajstić information content (AvgIpc) is 2.54. The van der Waals surface area contributed by atoms with E-state index in [-0.39, 0.29) is 5.91 Å². The van der Waals surface area contributed by atoms with Crippen LogP contribution in [-0.2, 0) is 6.54 Å². The second-order valence-corrected chi connectivity index (χ2v) is 4.56. The van der Waals surface area contributed by atoms with Crippen LogP contribution in [0, 0.1) is 0 Å².